The number of benzene rings is 2. The second-order valence-electron chi connectivity index (χ2n) is 4.40. The summed E-state index contributed by atoms with van der Waals surface area (Å²) in [6, 6.07) is 9.88. The number of hydrogen-bond acceptors (Lipinski definition) is 3. The van der Waals surface area contributed by atoms with Gasteiger partial charge in [-0.15, -0.1) is 0 Å². The third-order valence-corrected chi connectivity index (χ3v) is 4.13. The maximum Gasteiger partial charge on any atom is 0.412 e. The van der Waals surface area contributed by atoms with Gasteiger partial charge in [-0.3, -0.25) is 5.32 Å². The highest BCUT2D eigenvalue weighted by atomic mass is 79.9. The van der Waals surface area contributed by atoms with E-state index in [4.69, 9.17) is 21.4 Å². The maximum absolute atomic E-state index is 14.1. The molecule has 2 aromatic rings. The summed E-state index contributed by atoms with van der Waals surface area (Å²) in [7, 11) is 0. The zero-order valence-corrected chi connectivity index (χ0v) is 13.8. The quantitative estimate of drug-likeness (QED) is 0.728. The number of amides is 1. The predicted octanol–water partition coefficient (Wildman–Crippen LogP) is 4.69. The van der Waals surface area contributed by atoms with Crippen LogP contribution in [0.4, 0.5) is 14.9 Å². The molecule has 0 heterocycles. The molecule has 0 saturated carbocycles. The number of nitrogens with one attached hydrogen (secondary N) is 1. The van der Waals surface area contributed by atoms with Gasteiger partial charge in [-0.2, -0.15) is 0 Å². The molecule has 1 amide bonds. The number of carbonyl (C=O) groups excluding carboxylic acids is 1. The Kier molecular flexibility index (Phi) is 5.57. The standard InChI is InChI=1S/C15H10BrClFNO4/c16-11-10(17)6-9(14(20)21)13(12(11)18)19-15(22)23-7-8-4-2-1-3-5-8/h1-6H,7H2,(H,19,22)(H,20,21). The fraction of sp³-hybridized carbons (Fsp3) is 0.0667. The molecule has 0 atom stereocenters. The van der Waals surface area contributed by atoms with Crippen LogP contribution in [0.3, 0.4) is 0 Å². The van der Waals surface area contributed by atoms with Crippen LogP contribution in [0.1, 0.15) is 15.9 Å². The van der Waals surface area contributed by atoms with Crippen molar-refractivity contribution in [1.29, 1.82) is 0 Å². The highest BCUT2D eigenvalue weighted by molar-refractivity contribution is 9.10. The van der Waals surface area contributed by atoms with E-state index in [-0.39, 0.29) is 16.1 Å². The van der Waals surface area contributed by atoms with Crippen molar-refractivity contribution in [3.8, 4) is 0 Å². The van der Waals surface area contributed by atoms with Crippen LogP contribution >= 0.6 is 27.5 Å². The number of aromatic carboxylic acids is 1. The molecular formula is C15H10BrClFNO4. The fourth-order valence-corrected chi connectivity index (χ4v) is 2.25. The van der Waals surface area contributed by atoms with E-state index in [2.05, 4.69) is 21.2 Å². The van der Waals surface area contributed by atoms with Crippen LogP contribution in [0, 0.1) is 5.82 Å². The molecule has 0 aromatic heterocycles. The van der Waals surface area contributed by atoms with Crippen molar-refractivity contribution in [3.05, 3.63) is 62.8 Å². The van der Waals surface area contributed by atoms with Crippen molar-refractivity contribution >= 4 is 45.3 Å². The first-order valence-electron chi connectivity index (χ1n) is 6.28. The van der Waals surface area contributed by atoms with Crippen LogP contribution < -0.4 is 5.32 Å². The summed E-state index contributed by atoms with van der Waals surface area (Å²) in [4.78, 5) is 22.9. The molecular weight excluding hydrogens is 393 g/mol. The van der Waals surface area contributed by atoms with Crippen LogP contribution in [-0.4, -0.2) is 17.2 Å². The van der Waals surface area contributed by atoms with Gasteiger partial charge in [-0.1, -0.05) is 41.9 Å². The van der Waals surface area contributed by atoms with Crippen LogP contribution in [0.15, 0.2) is 40.9 Å². The van der Waals surface area contributed by atoms with Crippen LogP contribution in [0.25, 0.3) is 0 Å². The minimum absolute atomic E-state index is 0.0363. The van der Waals surface area contributed by atoms with E-state index in [0.717, 1.165) is 11.6 Å². The lowest BCUT2D eigenvalue weighted by Crippen LogP contribution is -2.17. The minimum atomic E-state index is -1.43. The highest BCUT2D eigenvalue weighted by Gasteiger charge is 2.22. The van der Waals surface area contributed by atoms with E-state index in [1.807, 2.05) is 6.07 Å². The lowest BCUT2D eigenvalue weighted by Gasteiger charge is -2.12. The number of carboxylic acids is 1. The molecule has 2 rings (SSSR count). The van der Waals surface area contributed by atoms with Gasteiger partial charge in [0.15, 0.2) is 5.82 Å². The van der Waals surface area contributed by atoms with E-state index in [1.54, 1.807) is 24.3 Å². The Morgan fingerprint density at radius 1 is 1.30 bits per heavy atom. The molecule has 0 aliphatic heterocycles. The molecule has 23 heavy (non-hydrogen) atoms. The van der Waals surface area contributed by atoms with Gasteiger partial charge in [0.2, 0.25) is 0 Å². The number of carboxylic acid groups (broad SMARTS) is 1. The highest BCUT2D eigenvalue weighted by Crippen LogP contribution is 2.34. The van der Waals surface area contributed by atoms with Crippen LogP contribution in [0.2, 0.25) is 5.02 Å². The number of halogens is 3. The van der Waals surface area contributed by atoms with Gasteiger partial charge in [0, 0.05) is 0 Å². The molecule has 0 aliphatic carbocycles. The van der Waals surface area contributed by atoms with Gasteiger partial charge in [0.25, 0.3) is 0 Å². The minimum Gasteiger partial charge on any atom is -0.478 e. The van der Waals surface area contributed by atoms with E-state index in [0.29, 0.717) is 0 Å². The van der Waals surface area contributed by atoms with E-state index < -0.39 is 29.1 Å². The summed E-state index contributed by atoms with van der Waals surface area (Å²) in [6.45, 7) is -0.0363. The van der Waals surface area contributed by atoms with Crippen LogP contribution in [0.5, 0.6) is 0 Å². The maximum atomic E-state index is 14.1. The Labute approximate surface area is 144 Å². The van der Waals surface area contributed by atoms with E-state index >= 15 is 0 Å². The van der Waals surface area contributed by atoms with Gasteiger partial charge in [-0.25, -0.2) is 14.0 Å². The van der Waals surface area contributed by atoms with Gasteiger partial charge >= 0.3 is 12.1 Å². The average Bonchev–Trinajstić information content (AvgIpc) is 2.54. The van der Waals surface area contributed by atoms with Crippen molar-refractivity contribution in [2.75, 3.05) is 5.32 Å². The molecule has 0 radical (unpaired) electrons. The summed E-state index contributed by atoms with van der Waals surface area (Å²) in [5, 5.41) is 11.1. The van der Waals surface area contributed by atoms with Crippen molar-refractivity contribution in [1.82, 2.24) is 0 Å². The Balaban J connectivity index is 2.17. The molecule has 2 aromatic carbocycles. The monoisotopic (exact) mass is 401 g/mol. The molecule has 2 N–H and O–H groups in total. The van der Waals surface area contributed by atoms with Gasteiger partial charge in [0.1, 0.15) is 6.61 Å². The molecule has 8 heteroatoms. The second-order valence-corrected chi connectivity index (χ2v) is 5.60. The average molecular weight is 403 g/mol. The predicted molar refractivity (Wildman–Crippen MR) is 86.3 cm³/mol. The van der Waals surface area contributed by atoms with E-state index in [9.17, 15) is 14.0 Å². The summed E-state index contributed by atoms with van der Waals surface area (Å²) in [6.07, 6.45) is -0.982. The zero-order chi connectivity index (χ0) is 17.0. The first kappa shape index (κ1) is 17.2. The fourth-order valence-electron chi connectivity index (χ4n) is 1.75. The number of rotatable bonds is 4. The Morgan fingerprint density at radius 3 is 2.57 bits per heavy atom. The first-order valence-corrected chi connectivity index (χ1v) is 7.45. The van der Waals surface area contributed by atoms with Crippen molar-refractivity contribution in [2.45, 2.75) is 6.61 Å². The molecule has 120 valence electrons. The number of carbonyl (C=O) groups is 2. The summed E-state index contributed by atoms with van der Waals surface area (Å²) in [5.41, 5.74) is -0.266. The molecule has 5 nitrogen and oxygen atoms in total. The normalized spacial score (nSPS) is 10.2. The zero-order valence-electron chi connectivity index (χ0n) is 11.5. The Bertz CT molecular complexity index is 755. The van der Waals surface area contributed by atoms with Crippen molar-refractivity contribution in [3.63, 3.8) is 0 Å². The van der Waals surface area contributed by atoms with Gasteiger partial charge in [0.05, 0.1) is 20.7 Å². The summed E-state index contributed by atoms with van der Waals surface area (Å²) >= 11 is 8.61. The van der Waals surface area contributed by atoms with E-state index in [1.165, 1.54) is 0 Å². The molecule has 0 saturated heterocycles. The van der Waals surface area contributed by atoms with Gasteiger partial charge in [-0.05, 0) is 27.6 Å². The topological polar surface area (TPSA) is 75.6 Å². The third-order valence-electron chi connectivity index (χ3n) is 2.83. The Morgan fingerprint density at radius 2 is 1.96 bits per heavy atom. The first-order chi connectivity index (χ1) is 10.9. The number of hydrogen-bond donors (Lipinski definition) is 2. The number of anilines is 1. The lowest BCUT2D eigenvalue weighted by atomic mass is 10.1. The SMILES string of the molecule is O=C(Nc1c(C(=O)O)cc(Cl)c(Br)c1F)OCc1ccccc1. The Hall–Kier alpha value is -2.12. The third kappa shape index (κ3) is 4.20. The largest absolute Gasteiger partial charge is 0.478 e. The lowest BCUT2D eigenvalue weighted by molar-refractivity contribution is 0.0697. The molecule has 0 fully saturated rings. The summed E-state index contributed by atoms with van der Waals surface area (Å²) < 4.78 is 18.9. The summed E-state index contributed by atoms with van der Waals surface area (Å²) in [5.74, 6) is -2.43. The van der Waals surface area contributed by atoms with Crippen molar-refractivity contribution in [2.24, 2.45) is 0 Å². The van der Waals surface area contributed by atoms with Crippen LogP contribution in [-0.2, 0) is 11.3 Å². The molecule has 0 unspecified atom stereocenters. The molecule has 0 bridgehead atoms. The van der Waals surface area contributed by atoms with Crippen molar-refractivity contribution < 1.29 is 23.8 Å². The van der Waals surface area contributed by atoms with Gasteiger partial charge < -0.3 is 9.84 Å². The second kappa shape index (κ2) is 7.43. The molecule has 0 spiro atoms. The molecule has 0 aliphatic rings. The smallest absolute Gasteiger partial charge is 0.412 e. The number of ether oxygens (including phenoxy) is 1.